The van der Waals surface area contributed by atoms with Crippen LogP contribution < -0.4 is 0 Å². The minimum atomic E-state index is -1.30. The fourth-order valence-corrected chi connectivity index (χ4v) is 7.57. The minimum absolute atomic E-state index is 0.0254. The number of esters is 1. The van der Waals surface area contributed by atoms with Crippen LogP contribution in [0.4, 0.5) is 0 Å². The molecule has 2 saturated heterocycles. The van der Waals surface area contributed by atoms with Crippen LogP contribution in [0, 0.1) is 34.0 Å². The van der Waals surface area contributed by atoms with Gasteiger partial charge in [0.25, 0.3) is 0 Å². The van der Waals surface area contributed by atoms with E-state index >= 15 is 0 Å². The van der Waals surface area contributed by atoms with E-state index in [2.05, 4.69) is 6.58 Å². The number of allylic oxidation sites excluding steroid dienone is 1. The van der Waals surface area contributed by atoms with E-state index in [1.807, 2.05) is 13.8 Å². The van der Waals surface area contributed by atoms with E-state index in [0.29, 0.717) is 18.4 Å². The first-order valence-electron chi connectivity index (χ1n) is 10.2. The van der Waals surface area contributed by atoms with Crippen molar-refractivity contribution < 1.29 is 28.7 Å². The summed E-state index contributed by atoms with van der Waals surface area (Å²) in [6.07, 6.45) is 0.659. The third-order valence-electron chi connectivity index (χ3n) is 8.67. The molecule has 0 radical (unpaired) electrons. The van der Waals surface area contributed by atoms with Gasteiger partial charge in [-0.25, -0.2) is 0 Å². The van der Waals surface area contributed by atoms with Crippen LogP contribution in [0.15, 0.2) is 12.2 Å². The molecule has 2 heterocycles. The van der Waals surface area contributed by atoms with Gasteiger partial charge in [0.15, 0.2) is 17.7 Å². The first-order valence-corrected chi connectivity index (χ1v) is 10.2. The Kier molecular flexibility index (Phi) is 3.39. The maximum Gasteiger partial charge on any atom is 0.303 e. The highest BCUT2D eigenvalue weighted by Gasteiger charge is 2.79. The molecule has 6 heteroatoms. The standard InChI is InChI=1S/C22H26O6/c1-10-12-5-6-13-21(8-12,18(10)25)19(26)16(28-11(2)23)17-20(3,4)15-7-14(24)22(13,17)9-27-15/h12-13,15-17H,1,5-9H2,2-4H3/t12-,13-,15+,16+,17-,21+,22-/m1/s1. The van der Waals surface area contributed by atoms with E-state index in [4.69, 9.17) is 9.47 Å². The number of carbonyl (C=O) groups excluding carboxylic acids is 4. The Morgan fingerprint density at radius 1 is 1.21 bits per heavy atom. The molecule has 7 atom stereocenters. The second-order valence-electron chi connectivity index (χ2n) is 10.0. The summed E-state index contributed by atoms with van der Waals surface area (Å²) in [7, 11) is 0. The summed E-state index contributed by atoms with van der Waals surface area (Å²) in [5.74, 6) is -1.96. The summed E-state index contributed by atoms with van der Waals surface area (Å²) in [6.45, 7) is 9.43. The summed E-state index contributed by atoms with van der Waals surface area (Å²) in [5, 5.41) is 0. The zero-order chi connectivity index (χ0) is 20.2. The van der Waals surface area contributed by atoms with Crippen molar-refractivity contribution in [1.82, 2.24) is 0 Å². The van der Waals surface area contributed by atoms with Crippen LogP contribution in [0.3, 0.4) is 0 Å². The molecule has 4 saturated carbocycles. The Balaban J connectivity index is 1.78. The largest absolute Gasteiger partial charge is 0.454 e. The Bertz CT molecular complexity index is 855. The van der Waals surface area contributed by atoms with Crippen LogP contribution in [0.2, 0.25) is 0 Å². The molecule has 6 fully saturated rings. The molecule has 6 rings (SSSR count). The SMILES string of the molecule is C=C1C(=O)[C@]23C[C@H]1CC[C@H]2[C@]12CO[C@@H](CC1=O)C(C)(C)[C@H]2[C@H](OC(C)=O)C3=O. The molecule has 6 nitrogen and oxygen atoms in total. The molecule has 6 aliphatic rings. The number of rotatable bonds is 1. The normalized spacial score (nSPS) is 48.3. The highest BCUT2D eigenvalue weighted by Crippen LogP contribution is 2.71. The van der Waals surface area contributed by atoms with Gasteiger partial charge in [-0.15, -0.1) is 0 Å². The van der Waals surface area contributed by atoms with Gasteiger partial charge in [-0.1, -0.05) is 20.4 Å². The lowest BCUT2D eigenvalue weighted by atomic mass is 9.37. The van der Waals surface area contributed by atoms with Crippen LogP contribution in [-0.2, 0) is 28.7 Å². The molecule has 4 aliphatic carbocycles. The zero-order valence-electron chi connectivity index (χ0n) is 16.6. The van der Waals surface area contributed by atoms with Crippen molar-refractivity contribution in [2.24, 2.45) is 34.0 Å². The van der Waals surface area contributed by atoms with Crippen molar-refractivity contribution in [3.63, 3.8) is 0 Å². The number of hydrogen-bond donors (Lipinski definition) is 0. The van der Waals surface area contributed by atoms with Gasteiger partial charge in [0, 0.05) is 19.3 Å². The molecule has 0 aromatic heterocycles. The molecule has 0 N–H and O–H groups in total. The van der Waals surface area contributed by atoms with Crippen molar-refractivity contribution in [2.45, 2.75) is 58.7 Å². The van der Waals surface area contributed by atoms with E-state index in [9.17, 15) is 19.2 Å². The molecule has 150 valence electrons. The summed E-state index contributed by atoms with van der Waals surface area (Å²) in [6, 6.07) is 0. The minimum Gasteiger partial charge on any atom is -0.454 e. The van der Waals surface area contributed by atoms with Crippen LogP contribution in [0.5, 0.6) is 0 Å². The lowest BCUT2D eigenvalue weighted by Gasteiger charge is -2.67. The van der Waals surface area contributed by atoms with Crippen molar-refractivity contribution in [3.8, 4) is 0 Å². The molecule has 0 aromatic carbocycles. The fourth-order valence-electron chi connectivity index (χ4n) is 7.57. The van der Waals surface area contributed by atoms with E-state index in [-0.39, 0.29) is 42.4 Å². The van der Waals surface area contributed by atoms with E-state index in [1.54, 1.807) is 0 Å². The van der Waals surface area contributed by atoms with Gasteiger partial charge in [0.1, 0.15) is 5.78 Å². The van der Waals surface area contributed by atoms with Crippen molar-refractivity contribution in [1.29, 1.82) is 0 Å². The number of hydrogen-bond acceptors (Lipinski definition) is 6. The predicted octanol–water partition coefficient (Wildman–Crippen LogP) is 2.04. The third-order valence-corrected chi connectivity index (χ3v) is 8.67. The summed E-state index contributed by atoms with van der Waals surface area (Å²) in [5.41, 5.74) is -2.28. The number of fused-ring (bicyclic) bond motifs is 3. The lowest BCUT2D eigenvalue weighted by molar-refractivity contribution is -0.270. The predicted molar refractivity (Wildman–Crippen MR) is 97.0 cm³/mol. The van der Waals surface area contributed by atoms with Crippen LogP contribution >= 0.6 is 0 Å². The molecular weight excluding hydrogens is 360 g/mol. The Morgan fingerprint density at radius 2 is 1.93 bits per heavy atom. The van der Waals surface area contributed by atoms with Gasteiger partial charge in [-0.05, 0) is 42.1 Å². The van der Waals surface area contributed by atoms with Gasteiger partial charge in [0.2, 0.25) is 0 Å². The number of ether oxygens (including phenoxy) is 2. The Hall–Kier alpha value is -1.82. The Labute approximate surface area is 164 Å². The van der Waals surface area contributed by atoms with Gasteiger partial charge in [0.05, 0.1) is 23.5 Å². The van der Waals surface area contributed by atoms with E-state index < -0.39 is 40.2 Å². The fraction of sp³-hybridized carbons (Fsp3) is 0.727. The summed E-state index contributed by atoms with van der Waals surface area (Å²) < 4.78 is 11.7. The molecule has 2 aliphatic heterocycles. The zero-order valence-corrected chi connectivity index (χ0v) is 16.6. The Morgan fingerprint density at radius 3 is 2.57 bits per heavy atom. The summed E-state index contributed by atoms with van der Waals surface area (Å²) in [4.78, 5) is 52.7. The van der Waals surface area contributed by atoms with Crippen molar-refractivity contribution in [3.05, 3.63) is 12.2 Å². The van der Waals surface area contributed by atoms with E-state index in [0.717, 1.165) is 6.42 Å². The first kappa shape index (κ1) is 18.2. The number of Topliss-reactive ketones (excluding diaryl/α,β-unsaturated/α-hetero) is 3. The third kappa shape index (κ3) is 1.75. The molecule has 0 aromatic rings. The van der Waals surface area contributed by atoms with Gasteiger partial charge >= 0.3 is 5.97 Å². The highest BCUT2D eigenvalue weighted by molar-refractivity contribution is 6.19. The quantitative estimate of drug-likeness (QED) is 0.389. The van der Waals surface area contributed by atoms with Crippen molar-refractivity contribution >= 4 is 23.3 Å². The maximum absolute atomic E-state index is 13.9. The van der Waals surface area contributed by atoms with Crippen LogP contribution in [-0.4, -0.2) is 42.1 Å². The molecule has 28 heavy (non-hydrogen) atoms. The molecule has 2 spiro atoms. The van der Waals surface area contributed by atoms with E-state index in [1.165, 1.54) is 6.92 Å². The molecule has 4 bridgehead atoms. The summed E-state index contributed by atoms with van der Waals surface area (Å²) >= 11 is 0. The molecule has 0 amide bonds. The van der Waals surface area contributed by atoms with Crippen molar-refractivity contribution in [2.75, 3.05) is 6.61 Å². The van der Waals surface area contributed by atoms with Gasteiger partial charge in [-0.2, -0.15) is 0 Å². The van der Waals surface area contributed by atoms with Gasteiger partial charge < -0.3 is 9.47 Å². The monoisotopic (exact) mass is 386 g/mol. The number of carbonyl (C=O) groups is 4. The highest BCUT2D eigenvalue weighted by atomic mass is 16.5. The second-order valence-corrected chi connectivity index (χ2v) is 10.0. The second kappa shape index (κ2) is 5.21. The smallest absolute Gasteiger partial charge is 0.303 e. The van der Waals surface area contributed by atoms with Gasteiger partial charge in [-0.3, -0.25) is 19.2 Å². The molecular formula is C22H26O6. The molecule has 0 unspecified atom stereocenters. The number of ketones is 3. The lowest BCUT2D eigenvalue weighted by Crippen LogP contribution is -2.77. The first-order chi connectivity index (χ1) is 13.1. The average Bonchev–Trinajstić information content (AvgIpc) is 2.81. The van der Waals surface area contributed by atoms with Crippen LogP contribution in [0.1, 0.15) is 46.5 Å². The van der Waals surface area contributed by atoms with Crippen LogP contribution in [0.25, 0.3) is 0 Å². The topological polar surface area (TPSA) is 86.7 Å². The maximum atomic E-state index is 13.9. The average molecular weight is 386 g/mol.